The van der Waals surface area contributed by atoms with Gasteiger partial charge in [-0.15, -0.1) is 0 Å². The van der Waals surface area contributed by atoms with Gasteiger partial charge in [-0.3, -0.25) is 10.1 Å². The Bertz CT molecular complexity index is 1300. The van der Waals surface area contributed by atoms with Crippen LogP contribution in [0.1, 0.15) is 29.7 Å². The zero-order valence-corrected chi connectivity index (χ0v) is 20.0. The molecule has 0 saturated carbocycles. The summed E-state index contributed by atoms with van der Waals surface area (Å²) in [5, 5.41) is 11.8. The van der Waals surface area contributed by atoms with E-state index in [9.17, 15) is 0 Å². The summed E-state index contributed by atoms with van der Waals surface area (Å²) in [6, 6.07) is 12.5. The zero-order valence-electron chi connectivity index (χ0n) is 20.0. The van der Waals surface area contributed by atoms with Gasteiger partial charge in [0, 0.05) is 75.1 Å². The second-order valence-corrected chi connectivity index (χ2v) is 8.71. The number of hydrogen-bond acceptors (Lipinski definition) is 5. The van der Waals surface area contributed by atoms with Crippen molar-refractivity contribution in [2.24, 2.45) is 12.0 Å². The third kappa shape index (κ3) is 4.84. The van der Waals surface area contributed by atoms with Crippen LogP contribution < -0.4 is 4.90 Å². The van der Waals surface area contributed by atoms with Gasteiger partial charge in [-0.05, 0) is 17.2 Å². The lowest BCUT2D eigenvalue weighted by atomic mass is 9.96. The number of anilines is 1. The van der Waals surface area contributed by atoms with Crippen molar-refractivity contribution < 1.29 is 0 Å². The Morgan fingerprint density at radius 3 is 2.43 bits per heavy atom. The monoisotopic (exact) mass is 467 g/mol. The summed E-state index contributed by atoms with van der Waals surface area (Å²) in [4.78, 5) is 21.4. The molecule has 0 amide bonds. The van der Waals surface area contributed by atoms with Crippen molar-refractivity contribution in [1.29, 1.82) is 5.41 Å². The molecule has 0 radical (unpaired) electrons. The standard InChI is InChI=1S/C26H29N9/c1-19(20-6-4-3-5-7-20)22-14-29-26(30-15-22)35-10-8-34(9-11-35)25(31-18-27)24-12-21(13-28-24)23-16-32-33(2)17-23/h3-7,12-19,27-28H,8-11H2,1-2H3/b27-18?,31-25+/t19-/m0/s1. The number of piperazine rings is 1. The molecule has 35 heavy (non-hydrogen) atoms. The maximum atomic E-state index is 7.57. The largest absolute Gasteiger partial charge is 0.358 e. The predicted molar refractivity (Wildman–Crippen MR) is 138 cm³/mol. The molecule has 178 valence electrons. The smallest absolute Gasteiger partial charge is 0.225 e. The molecule has 5 rings (SSSR count). The van der Waals surface area contributed by atoms with Gasteiger partial charge in [0.1, 0.15) is 6.34 Å². The van der Waals surface area contributed by atoms with Crippen molar-refractivity contribution in [2.75, 3.05) is 31.1 Å². The molecular weight excluding hydrogens is 438 g/mol. The maximum absolute atomic E-state index is 7.57. The van der Waals surface area contributed by atoms with Crippen molar-refractivity contribution in [3.05, 3.63) is 84.2 Å². The predicted octanol–water partition coefficient (Wildman–Crippen LogP) is 3.53. The Balaban J connectivity index is 1.25. The van der Waals surface area contributed by atoms with E-state index in [1.807, 2.05) is 44.1 Å². The van der Waals surface area contributed by atoms with Crippen molar-refractivity contribution >= 4 is 18.1 Å². The van der Waals surface area contributed by atoms with Crippen LogP contribution in [0.15, 0.2) is 72.4 Å². The molecule has 0 spiro atoms. The van der Waals surface area contributed by atoms with Gasteiger partial charge in [0.2, 0.25) is 5.95 Å². The lowest BCUT2D eigenvalue weighted by Gasteiger charge is -2.36. The van der Waals surface area contributed by atoms with Gasteiger partial charge in [0.05, 0.1) is 11.9 Å². The average Bonchev–Trinajstić information content (AvgIpc) is 3.57. The molecule has 1 aromatic carbocycles. The molecule has 3 aromatic heterocycles. The van der Waals surface area contributed by atoms with E-state index in [4.69, 9.17) is 5.41 Å². The Kier molecular flexibility index (Phi) is 6.38. The highest BCUT2D eigenvalue weighted by Crippen LogP contribution is 2.24. The van der Waals surface area contributed by atoms with Crippen LogP contribution in [-0.2, 0) is 7.05 Å². The number of benzene rings is 1. The summed E-state index contributed by atoms with van der Waals surface area (Å²) >= 11 is 0. The minimum atomic E-state index is 0.249. The van der Waals surface area contributed by atoms with Crippen LogP contribution in [0, 0.1) is 5.41 Å². The summed E-state index contributed by atoms with van der Waals surface area (Å²) in [7, 11) is 1.90. The molecule has 1 saturated heterocycles. The molecule has 4 heterocycles. The molecule has 1 atom stereocenters. The van der Waals surface area contributed by atoms with Crippen LogP contribution in [0.2, 0.25) is 0 Å². The Labute approximate surface area is 204 Å². The maximum Gasteiger partial charge on any atom is 0.225 e. The number of rotatable bonds is 6. The number of amidine groups is 1. The van der Waals surface area contributed by atoms with Gasteiger partial charge in [-0.1, -0.05) is 37.3 Å². The fourth-order valence-electron chi connectivity index (χ4n) is 4.41. The highest BCUT2D eigenvalue weighted by Gasteiger charge is 2.23. The van der Waals surface area contributed by atoms with Crippen molar-refractivity contribution in [3.8, 4) is 11.1 Å². The van der Waals surface area contributed by atoms with Gasteiger partial charge < -0.3 is 14.8 Å². The lowest BCUT2D eigenvalue weighted by Crippen LogP contribution is -2.49. The first-order valence-corrected chi connectivity index (χ1v) is 11.7. The van der Waals surface area contributed by atoms with E-state index in [0.717, 1.165) is 66.7 Å². The Morgan fingerprint density at radius 1 is 1.03 bits per heavy atom. The fraction of sp³-hybridized carbons (Fsp3) is 0.269. The molecule has 0 bridgehead atoms. The number of hydrogen-bond donors (Lipinski definition) is 2. The topological polar surface area (TPSA) is 102 Å². The van der Waals surface area contributed by atoms with Gasteiger partial charge in [0.25, 0.3) is 0 Å². The summed E-state index contributed by atoms with van der Waals surface area (Å²) in [6.07, 6.45) is 10.7. The molecular formula is C26H29N9. The summed E-state index contributed by atoms with van der Waals surface area (Å²) < 4.78 is 1.78. The minimum Gasteiger partial charge on any atom is -0.358 e. The molecule has 9 heteroatoms. The number of nitrogens with one attached hydrogen (secondary N) is 2. The lowest BCUT2D eigenvalue weighted by molar-refractivity contribution is 0.383. The van der Waals surface area contributed by atoms with Gasteiger partial charge in [-0.2, -0.15) is 5.10 Å². The molecule has 1 aliphatic heterocycles. The van der Waals surface area contributed by atoms with Crippen LogP contribution in [0.25, 0.3) is 11.1 Å². The second kappa shape index (κ2) is 9.92. The van der Waals surface area contributed by atoms with Crippen LogP contribution in [0.5, 0.6) is 0 Å². The van der Waals surface area contributed by atoms with E-state index in [1.165, 1.54) is 5.56 Å². The molecule has 0 aliphatic carbocycles. The Hall–Kier alpha value is -4.27. The number of H-pyrrole nitrogens is 1. The van der Waals surface area contributed by atoms with E-state index < -0.39 is 0 Å². The summed E-state index contributed by atoms with van der Waals surface area (Å²) in [5.74, 6) is 1.76. The zero-order chi connectivity index (χ0) is 24.2. The molecule has 1 fully saturated rings. The molecule has 9 nitrogen and oxygen atoms in total. The van der Waals surface area contributed by atoms with E-state index in [-0.39, 0.29) is 5.92 Å². The second-order valence-electron chi connectivity index (χ2n) is 8.71. The molecule has 0 unspecified atom stereocenters. The van der Waals surface area contributed by atoms with E-state index in [0.29, 0.717) is 0 Å². The molecule has 2 N–H and O–H groups in total. The minimum absolute atomic E-state index is 0.249. The first-order chi connectivity index (χ1) is 17.1. The Morgan fingerprint density at radius 2 is 1.77 bits per heavy atom. The van der Waals surface area contributed by atoms with Crippen molar-refractivity contribution in [2.45, 2.75) is 12.8 Å². The number of aromatic amines is 1. The SMILES string of the molecule is C[C@@H](c1ccccc1)c1cnc(N2CCN(/C(=N/C=N)c3cc(-c4cnn(C)c4)c[nH]3)CC2)nc1. The highest BCUT2D eigenvalue weighted by atomic mass is 15.3. The highest BCUT2D eigenvalue weighted by molar-refractivity contribution is 6.01. The number of aromatic nitrogens is 5. The number of nitrogens with zero attached hydrogens (tertiary/aromatic N) is 7. The fourth-order valence-corrected chi connectivity index (χ4v) is 4.41. The molecule has 1 aliphatic rings. The van der Waals surface area contributed by atoms with E-state index in [1.54, 1.807) is 4.68 Å². The van der Waals surface area contributed by atoms with Gasteiger partial charge in [0.15, 0.2) is 5.84 Å². The third-order valence-electron chi connectivity index (χ3n) is 6.47. The summed E-state index contributed by atoms with van der Waals surface area (Å²) in [5.41, 5.74) is 5.33. The number of aryl methyl sites for hydroxylation is 1. The van der Waals surface area contributed by atoms with Gasteiger partial charge >= 0.3 is 0 Å². The van der Waals surface area contributed by atoms with Crippen LogP contribution >= 0.6 is 0 Å². The van der Waals surface area contributed by atoms with Crippen molar-refractivity contribution in [1.82, 2.24) is 29.6 Å². The van der Waals surface area contributed by atoms with E-state index >= 15 is 0 Å². The summed E-state index contributed by atoms with van der Waals surface area (Å²) in [6.45, 7) is 5.26. The normalized spacial score (nSPS) is 15.3. The number of aliphatic imine (C=N–C) groups is 1. The third-order valence-corrected chi connectivity index (χ3v) is 6.47. The average molecular weight is 468 g/mol. The van der Waals surface area contributed by atoms with Crippen LogP contribution in [0.3, 0.4) is 0 Å². The first kappa shape index (κ1) is 22.5. The van der Waals surface area contributed by atoms with Gasteiger partial charge in [-0.25, -0.2) is 15.0 Å². The quantitative estimate of drug-likeness (QED) is 0.334. The van der Waals surface area contributed by atoms with E-state index in [2.05, 4.69) is 72.1 Å². The van der Waals surface area contributed by atoms with Crippen molar-refractivity contribution in [3.63, 3.8) is 0 Å². The molecule has 4 aromatic rings. The van der Waals surface area contributed by atoms with Crippen LogP contribution in [-0.4, -0.2) is 68.0 Å². The first-order valence-electron chi connectivity index (χ1n) is 11.7. The van der Waals surface area contributed by atoms with Crippen LogP contribution in [0.4, 0.5) is 5.95 Å².